The molecule has 1 N–H and O–H groups in total. The zero-order valence-corrected chi connectivity index (χ0v) is 16.4. The number of fused-ring (bicyclic) bond motifs is 1. The Labute approximate surface area is 169 Å². The number of nitrogens with one attached hydrogen (secondary N) is 1. The molecule has 0 unspecified atom stereocenters. The smallest absolute Gasteiger partial charge is 0.250 e. The molecule has 0 spiro atoms. The van der Waals surface area contributed by atoms with E-state index in [2.05, 4.69) is 34.5 Å². The Hall–Kier alpha value is -2.34. The molecule has 2 aromatic rings. The first-order chi connectivity index (χ1) is 13.7. The van der Waals surface area contributed by atoms with Crippen molar-refractivity contribution in [2.24, 2.45) is 0 Å². The first kappa shape index (κ1) is 19.0. The van der Waals surface area contributed by atoms with Gasteiger partial charge in [0.05, 0.1) is 18.8 Å². The van der Waals surface area contributed by atoms with Gasteiger partial charge in [0.1, 0.15) is 12.4 Å². The third kappa shape index (κ3) is 4.73. The number of carbonyl (C=O) groups is 1. The number of amides is 1. The second-order valence-electron chi connectivity index (χ2n) is 7.03. The van der Waals surface area contributed by atoms with Crippen molar-refractivity contribution in [1.82, 2.24) is 10.2 Å². The molecule has 1 fully saturated rings. The van der Waals surface area contributed by atoms with Crippen molar-refractivity contribution < 1.29 is 14.3 Å². The van der Waals surface area contributed by atoms with Crippen LogP contribution in [0.4, 0.5) is 0 Å². The van der Waals surface area contributed by atoms with E-state index >= 15 is 0 Å². The predicted octanol–water partition coefficient (Wildman–Crippen LogP) is 3.26. The minimum atomic E-state index is -0.122. The summed E-state index contributed by atoms with van der Waals surface area (Å²) in [6.07, 6.45) is 1.84. The normalized spacial score (nSPS) is 16.7. The molecule has 28 heavy (non-hydrogen) atoms. The number of hydrogen-bond donors (Lipinski definition) is 1. The Balaban J connectivity index is 1.32. The SMILES string of the molecule is O=C(NCc1ccc(CN2CCOCC2)cc1)C1=Cc2cc(Cl)ccc2OC1. The largest absolute Gasteiger partial charge is 0.488 e. The minimum Gasteiger partial charge on any atom is -0.488 e. The number of carbonyl (C=O) groups excluding carboxylic acids is 1. The van der Waals surface area contributed by atoms with Crippen molar-refractivity contribution in [2.75, 3.05) is 32.9 Å². The molecule has 1 saturated heterocycles. The summed E-state index contributed by atoms with van der Waals surface area (Å²) in [5.41, 5.74) is 3.77. The van der Waals surface area contributed by atoms with Crippen LogP contribution in [-0.2, 0) is 22.6 Å². The van der Waals surface area contributed by atoms with Crippen molar-refractivity contribution >= 4 is 23.6 Å². The lowest BCUT2D eigenvalue weighted by Gasteiger charge is -2.26. The highest BCUT2D eigenvalue weighted by molar-refractivity contribution is 6.30. The van der Waals surface area contributed by atoms with Gasteiger partial charge in [-0.15, -0.1) is 0 Å². The summed E-state index contributed by atoms with van der Waals surface area (Å²) in [6, 6.07) is 13.8. The van der Waals surface area contributed by atoms with Crippen molar-refractivity contribution in [3.63, 3.8) is 0 Å². The van der Waals surface area contributed by atoms with E-state index in [1.54, 1.807) is 12.1 Å². The molecule has 0 aromatic heterocycles. The van der Waals surface area contributed by atoms with E-state index in [1.807, 2.05) is 12.1 Å². The van der Waals surface area contributed by atoms with Gasteiger partial charge in [0, 0.05) is 36.8 Å². The Morgan fingerprint density at radius 3 is 2.61 bits per heavy atom. The Morgan fingerprint density at radius 2 is 1.82 bits per heavy atom. The fourth-order valence-electron chi connectivity index (χ4n) is 3.36. The van der Waals surface area contributed by atoms with Gasteiger partial charge in [0.2, 0.25) is 0 Å². The highest BCUT2D eigenvalue weighted by atomic mass is 35.5. The minimum absolute atomic E-state index is 0.122. The van der Waals surface area contributed by atoms with Crippen molar-refractivity contribution in [1.29, 1.82) is 0 Å². The highest BCUT2D eigenvalue weighted by Gasteiger charge is 2.17. The predicted molar refractivity (Wildman–Crippen MR) is 109 cm³/mol. The quantitative estimate of drug-likeness (QED) is 0.839. The summed E-state index contributed by atoms with van der Waals surface area (Å²) in [7, 11) is 0. The maximum absolute atomic E-state index is 12.5. The van der Waals surface area contributed by atoms with Gasteiger partial charge in [-0.3, -0.25) is 9.69 Å². The van der Waals surface area contributed by atoms with E-state index < -0.39 is 0 Å². The molecule has 0 radical (unpaired) electrons. The van der Waals surface area contributed by atoms with E-state index in [4.69, 9.17) is 21.1 Å². The van der Waals surface area contributed by atoms with Gasteiger partial charge in [-0.2, -0.15) is 0 Å². The van der Waals surface area contributed by atoms with Crippen LogP contribution in [0.2, 0.25) is 5.02 Å². The van der Waals surface area contributed by atoms with E-state index in [1.165, 1.54) is 5.56 Å². The topological polar surface area (TPSA) is 50.8 Å². The molecule has 2 aromatic carbocycles. The van der Waals surface area contributed by atoms with Crippen LogP contribution < -0.4 is 10.1 Å². The number of nitrogens with zero attached hydrogens (tertiary/aromatic N) is 1. The van der Waals surface area contributed by atoms with Crippen LogP contribution in [0, 0.1) is 0 Å². The molecule has 4 rings (SSSR count). The van der Waals surface area contributed by atoms with Crippen molar-refractivity contribution in [2.45, 2.75) is 13.1 Å². The van der Waals surface area contributed by atoms with E-state index in [0.29, 0.717) is 17.1 Å². The summed E-state index contributed by atoms with van der Waals surface area (Å²) in [5.74, 6) is 0.625. The van der Waals surface area contributed by atoms with Crippen molar-refractivity contribution in [3.05, 3.63) is 69.8 Å². The van der Waals surface area contributed by atoms with Gasteiger partial charge in [-0.1, -0.05) is 35.9 Å². The number of hydrogen-bond acceptors (Lipinski definition) is 4. The van der Waals surface area contributed by atoms with Crippen LogP contribution >= 0.6 is 11.6 Å². The van der Waals surface area contributed by atoms with Crippen LogP contribution in [0.1, 0.15) is 16.7 Å². The van der Waals surface area contributed by atoms with Gasteiger partial charge in [-0.05, 0) is 35.4 Å². The molecule has 6 heteroatoms. The molecule has 1 amide bonds. The molecule has 2 aliphatic heterocycles. The van der Waals surface area contributed by atoms with Crippen LogP contribution in [0.3, 0.4) is 0 Å². The summed E-state index contributed by atoms with van der Waals surface area (Å²) in [6.45, 7) is 5.24. The molecule has 2 aliphatic rings. The molecule has 146 valence electrons. The zero-order chi connectivity index (χ0) is 19.3. The number of benzene rings is 2. The van der Waals surface area contributed by atoms with Crippen LogP contribution in [-0.4, -0.2) is 43.7 Å². The second kappa shape index (κ2) is 8.78. The first-order valence-electron chi connectivity index (χ1n) is 9.46. The highest BCUT2D eigenvalue weighted by Crippen LogP contribution is 2.29. The summed E-state index contributed by atoms with van der Waals surface area (Å²) in [4.78, 5) is 14.9. The fourth-order valence-corrected chi connectivity index (χ4v) is 3.54. The molecular formula is C22H23ClN2O3. The molecule has 2 heterocycles. The van der Waals surface area contributed by atoms with Crippen LogP contribution in [0.15, 0.2) is 48.0 Å². The number of morpholine rings is 1. The van der Waals surface area contributed by atoms with Gasteiger partial charge in [0.25, 0.3) is 5.91 Å². The zero-order valence-electron chi connectivity index (χ0n) is 15.6. The Morgan fingerprint density at radius 1 is 1.07 bits per heavy atom. The first-order valence-corrected chi connectivity index (χ1v) is 9.84. The summed E-state index contributed by atoms with van der Waals surface area (Å²) >= 11 is 6.02. The lowest BCUT2D eigenvalue weighted by Crippen LogP contribution is -2.35. The van der Waals surface area contributed by atoms with E-state index in [0.717, 1.165) is 49.7 Å². The number of halogens is 1. The van der Waals surface area contributed by atoms with Gasteiger partial charge >= 0.3 is 0 Å². The lowest BCUT2D eigenvalue weighted by atomic mass is 10.1. The van der Waals surface area contributed by atoms with E-state index in [-0.39, 0.29) is 12.5 Å². The average molecular weight is 399 g/mol. The lowest BCUT2D eigenvalue weighted by molar-refractivity contribution is -0.117. The summed E-state index contributed by atoms with van der Waals surface area (Å²) in [5, 5.41) is 3.59. The summed E-state index contributed by atoms with van der Waals surface area (Å²) < 4.78 is 11.0. The van der Waals surface area contributed by atoms with Gasteiger partial charge in [0.15, 0.2) is 0 Å². The monoisotopic (exact) mass is 398 g/mol. The van der Waals surface area contributed by atoms with Crippen LogP contribution in [0.5, 0.6) is 5.75 Å². The average Bonchev–Trinajstić information content (AvgIpc) is 2.73. The molecule has 0 bridgehead atoms. The second-order valence-corrected chi connectivity index (χ2v) is 7.46. The van der Waals surface area contributed by atoms with E-state index in [9.17, 15) is 4.79 Å². The fraction of sp³-hybridized carbons (Fsp3) is 0.318. The molecule has 5 nitrogen and oxygen atoms in total. The molecular weight excluding hydrogens is 376 g/mol. The standard InChI is InChI=1S/C22H23ClN2O3/c23-20-5-6-21-18(12-20)11-19(15-28-21)22(26)24-13-16-1-3-17(4-2-16)14-25-7-9-27-10-8-25/h1-6,11-12H,7-10,13-15H2,(H,24,26). The molecule has 0 atom stereocenters. The molecule has 0 saturated carbocycles. The van der Waals surface area contributed by atoms with Gasteiger partial charge < -0.3 is 14.8 Å². The third-order valence-electron chi connectivity index (χ3n) is 4.96. The molecule has 0 aliphatic carbocycles. The number of rotatable bonds is 5. The maximum Gasteiger partial charge on any atom is 0.250 e. The van der Waals surface area contributed by atoms with Gasteiger partial charge in [-0.25, -0.2) is 0 Å². The van der Waals surface area contributed by atoms with Crippen molar-refractivity contribution in [3.8, 4) is 5.75 Å². The Kier molecular flexibility index (Phi) is 5.95. The van der Waals surface area contributed by atoms with Crippen LogP contribution in [0.25, 0.3) is 6.08 Å². The number of ether oxygens (including phenoxy) is 2. The maximum atomic E-state index is 12.5. The Bertz CT molecular complexity index is 874. The third-order valence-corrected chi connectivity index (χ3v) is 5.20.